The van der Waals surface area contributed by atoms with Crippen LogP contribution in [0.25, 0.3) is 0 Å². The smallest absolute Gasteiger partial charge is 0.0514 e. The molecule has 0 radical (unpaired) electrons. The van der Waals surface area contributed by atoms with E-state index >= 15 is 0 Å². The van der Waals surface area contributed by atoms with Crippen LogP contribution in [0.15, 0.2) is 0 Å². The molecule has 1 aliphatic carbocycles. The van der Waals surface area contributed by atoms with Crippen LogP contribution in [0.1, 0.15) is 46.0 Å². The second kappa shape index (κ2) is 4.10. The lowest BCUT2D eigenvalue weighted by Crippen LogP contribution is -2.17. The molecule has 11 heavy (non-hydrogen) atoms. The minimum atomic E-state index is -0.0923. The lowest BCUT2D eigenvalue weighted by atomic mass is 9.80. The van der Waals surface area contributed by atoms with E-state index in [2.05, 4.69) is 6.92 Å². The summed E-state index contributed by atoms with van der Waals surface area (Å²) in [4.78, 5) is 0. The van der Waals surface area contributed by atoms with Crippen molar-refractivity contribution in [3.05, 3.63) is 0 Å². The maximum Gasteiger partial charge on any atom is 0.0514 e. The molecule has 0 aliphatic heterocycles. The molecule has 0 aromatic carbocycles. The second-order valence-electron chi connectivity index (χ2n) is 4.22. The highest BCUT2D eigenvalue weighted by Crippen LogP contribution is 2.31. The van der Waals surface area contributed by atoms with E-state index in [1.54, 1.807) is 0 Å². The fourth-order valence-corrected chi connectivity index (χ4v) is 2.26. The molecule has 0 bridgehead atoms. The normalized spacial score (nSPS) is 35.2. The van der Waals surface area contributed by atoms with Crippen molar-refractivity contribution in [1.29, 1.82) is 0 Å². The summed E-state index contributed by atoms with van der Waals surface area (Å²) >= 11 is 0. The highest BCUT2D eigenvalue weighted by atomic mass is 16.3. The van der Waals surface area contributed by atoms with Gasteiger partial charge in [0.15, 0.2) is 0 Å². The van der Waals surface area contributed by atoms with Crippen molar-refractivity contribution < 1.29 is 5.11 Å². The first-order valence-corrected chi connectivity index (χ1v) is 4.86. The summed E-state index contributed by atoms with van der Waals surface area (Å²) in [6, 6.07) is 0. The van der Waals surface area contributed by atoms with Gasteiger partial charge in [0.2, 0.25) is 0 Å². The third-order valence-corrected chi connectivity index (χ3v) is 2.72. The molecular formula is C10H20O. The molecule has 1 nitrogen and oxygen atoms in total. The molecule has 0 heterocycles. The lowest BCUT2D eigenvalue weighted by Gasteiger charge is -2.27. The van der Waals surface area contributed by atoms with E-state index in [0.29, 0.717) is 0 Å². The minimum absolute atomic E-state index is 0.0923. The Labute approximate surface area is 69.8 Å². The largest absolute Gasteiger partial charge is 0.393 e. The maximum absolute atomic E-state index is 9.19. The fraction of sp³-hybridized carbons (Fsp3) is 1.00. The van der Waals surface area contributed by atoms with Crippen LogP contribution in [-0.4, -0.2) is 11.2 Å². The lowest BCUT2D eigenvalue weighted by molar-refractivity contribution is 0.136. The van der Waals surface area contributed by atoms with Gasteiger partial charge in [-0.1, -0.05) is 26.2 Å². The molecule has 1 N–H and O–H groups in total. The summed E-state index contributed by atoms with van der Waals surface area (Å²) in [6.07, 6.45) is 6.38. The Morgan fingerprint density at radius 3 is 2.73 bits per heavy atom. The van der Waals surface area contributed by atoms with Gasteiger partial charge in [-0.05, 0) is 31.6 Å². The molecule has 1 heteroatoms. The number of rotatable bonds is 2. The molecule has 0 aromatic heterocycles. The van der Waals surface area contributed by atoms with Crippen LogP contribution in [0.3, 0.4) is 0 Å². The van der Waals surface area contributed by atoms with Crippen LogP contribution in [-0.2, 0) is 0 Å². The highest BCUT2D eigenvalue weighted by Gasteiger charge is 2.19. The van der Waals surface area contributed by atoms with Crippen molar-refractivity contribution in [1.82, 2.24) is 0 Å². The van der Waals surface area contributed by atoms with Gasteiger partial charge in [-0.15, -0.1) is 0 Å². The van der Waals surface area contributed by atoms with E-state index < -0.39 is 0 Å². The quantitative estimate of drug-likeness (QED) is 0.651. The van der Waals surface area contributed by atoms with E-state index in [4.69, 9.17) is 0 Å². The van der Waals surface area contributed by atoms with Crippen LogP contribution in [0, 0.1) is 11.8 Å². The first kappa shape index (κ1) is 9.05. The van der Waals surface area contributed by atoms with Crippen LogP contribution >= 0.6 is 0 Å². The Kier molecular flexibility index (Phi) is 3.38. The number of aliphatic hydroxyl groups is 1. The summed E-state index contributed by atoms with van der Waals surface area (Å²) < 4.78 is 0. The Hall–Kier alpha value is -0.0400. The molecule has 0 saturated heterocycles. The van der Waals surface area contributed by atoms with Crippen molar-refractivity contribution in [2.45, 2.75) is 52.1 Å². The molecule has 1 saturated carbocycles. The van der Waals surface area contributed by atoms with Gasteiger partial charge in [0, 0.05) is 0 Å². The third kappa shape index (κ3) is 3.24. The van der Waals surface area contributed by atoms with Crippen LogP contribution < -0.4 is 0 Å². The van der Waals surface area contributed by atoms with Gasteiger partial charge in [-0.3, -0.25) is 0 Å². The van der Waals surface area contributed by atoms with Crippen LogP contribution in [0.2, 0.25) is 0 Å². The topological polar surface area (TPSA) is 20.2 Å². The summed E-state index contributed by atoms with van der Waals surface area (Å²) in [5.74, 6) is 1.70. The zero-order chi connectivity index (χ0) is 8.27. The maximum atomic E-state index is 9.19. The zero-order valence-corrected chi connectivity index (χ0v) is 7.71. The van der Waals surface area contributed by atoms with E-state index in [-0.39, 0.29) is 6.10 Å². The zero-order valence-electron chi connectivity index (χ0n) is 7.71. The summed E-state index contributed by atoms with van der Waals surface area (Å²) in [6.45, 7) is 4.23. The average Bonchev–Trinajstić information content (AvgIpc) is 1.85. The van der Waals surface area contributed by atoms with Gasteiger partial charge in [0.1, 0.15) is 0 Å². The molecule has 0 amide bonds. The van der Waals surface area contributed by atoms with Gasteiger partial charge < -0.3 is 5.11 Å². The van der Waals surface area contributed by atoms with Crippen LogP contribution in [0.4, 0.5) is 0 Å². The summed E-state index contributed by atoms with van der Waals surface area (Å²) in [5, 5.41) is 9.19. The predicted molar refractivity (Wildman–Crippen MR) is 47.4 cm³/mol. The predicted octanol–water partition coefficient (Wildman–Crippen LogP) is 2.58. The van der Waals surface area contributed by atoms with Crippen molar-refractivity contribution in [3.63, 3.8) is 0 Å². The molecule has 1 fully saturated rings. The molecule has 66 valence electrons. The van der Waals surface area contributed by atoms with Crippen LogP contribution in [0.5, 0.6) is 0 Å². The molecule has 1 rings (SSSR count). The van der Waals surface area contributed by atoms with Crippen molar-refractivity contribution >= 4 is 0 Å². The van der Waals surface area contributed by atoms with Gasteiger partial charge in [-0.2, -0.15) is 0 Å². The molecule has 1 aliphatic rings. The van der Waals surface area contributed by atoms with Crippen molar-refractivity contribution in [2.24, 2.45) is 11.8 Å². The number of aliphatic hydroxyl groups excluding tert-OH is 1. The summed E-state index contributed by atoms with van der Waals surface area (Å²) in [7, 11) is 0. The van der Waals surface area contributed by atoms with E-state index in [9.17, 15) is 5.11 Å². The third-order valence-electron chi connectivity index (χ3n) is 2.72. The Morgan fingerprint density at radius 2 is 2.18 bits per heavy atom. The van der Waals surface area contributed by atoms with E-state index in [0.717, 1.165) is 18.3 Å². The Bertz CT molecular complexity index is 107. The second-order valence-corrected chi connectivity index (χ2v) is 4.22. The van der Waals surface area contributed by atoms with Gasteiger partial charge in [-0.25, -0.2) is 0 Å². The van der Waals surface area contributed by atoms with Crippen molar-refractivity contribution in [3.8, 4) is 0 Å². The van der Waals surface area contributed by atoms with E-state index in [1.165, 1.54) is 25.7 Å². The number of hydrogen-bond donors (Lipinski definition) is 1. The number of hydrogen-bond acceptors (Lipinski definition) is 1. The van der Waals surface area contributed by atoms with Crippen molar-refractivity contribution in [2.75, 3.05) is 0 Å². The molecule has 3 unspecified atom stereocenters. The molecule has 0 spiro atoms. The molecule has 3 atom stereocenters. The SMILES string of the molecule is CC(O)CC1CCCC(C)C1. The van der Waals surface area contributed by atoms with Gasteiger partial charge in [0.25, 0.3) is 0 Å². The Balaban J connectivity index is 2.23. The summed E-state index contributed by atoms with van der Waals surface area (Å²) in [5.41, 5.74) is 0. The van der Waals surface area contributed by atoms with E-state index in [1.807, 2.05) is 6.92 Å². The monoisotopic (exact) mass is 156 g/mol. The fourth-order valence-electron chi connectivity index (χ4n) is 2.26. The van der Waals surface area contributed by atoms with Gasteiger partial charge >= 0.3 is 0 Å². The molecular weight excluding hydrogens is 136 g/mol. The van der Waals surface area contributed by atoms with Gasteiger partial charge in [0.05, 0.1) is 6.10 Å². The molecule has 0 aromatic rings. The average molecular weight is 156 g/mol. The first-order chi connectivity index (χ1) is 5.18. The minimum Gasteiger partial charge on any atom is -0.393 e. The first-order valence-electron chi connectivity index (χ1n) is 4.86. The standard InChI is InChI=1S/C10H20O/c1-8-4-3-5-10(6-8)7-9(2)11/h8-11H,3-7H2,1-2H3. The Morgan fingerprint density at radius 1 is 1.45 bits per heavy atom. The highest BCUT2D eigenvalue weighted by molar-refractivity contribution is 4.71.